The van der Waals surface area contributed by atoms with Gasteiger partial charge in [-0.1, -0.05) is 54.6 Å². The van der Waals surface area contributed by atoms with Crippen LogP contribution >= 0.6 is 0 Å². The van der Waals surface area contributed by atoms with Crippen molar-refractivity contribution in [2.24, 2.45) is 0 Å². The van der Waals surface area contributed by atoms with E-state index in [1.807, 2.05) is 18.2 Å². The van der Waals surface area contributed by atoms with Gasteiger partial charge < -0.3 is 4.98 Å². The molecule has 1 fully saturated rings. The topological polar surface area (TPSA) is 65.7 Å². The summed E-state index contributed by atoms with van der Waals surface area (Å²) < 4.78 is 0. The average molecular weight is 374 g/mol. The zero-order valence-corrected chi connectivity index (χ0v) is 16.2. The predicted molar refractivity (Wildman–Crippen MR) is 112 cm³/mol. The second-order valence-corrected chi connectivity index (χ2v) is 7.86. The van der Waals surface area contributed by atoms with Crippen LogP contribution in [0.5, 0.6) is 0 Å². The summed E-state index contributed by atoms with van der Waals surface area (Å²) in [5.74, 6) is 0.792. The first-order chi connectivity index (χ1) is 13.6. The molecule has 4 nitrogen and oxygen atoms in total. The molecule has 4 rings (SSSR count). The van der Waals surface area contributed by atoms with Gasteiger partial charge in [-0.15, -0.1) is 0 Å². The molecule has 1 saturated carbocycles. The number of H-pyrrole nitrogens is 2. The maximum Gasteiger partial charge on any atom is 0.325 e. The van der Waals surface area contributed by atoms with E-state index in [0.717, 1.165) is 42.5 Å². The maximum absolute atomic E-state index is 12.6. The lowest BCUT2D eigenvalue weighted by molar-refractivity contribution is 0.388. The molecule has 28 heavy (non-hydrogen) atoms. The number of aromatic nitrogens is 2. The highest BCUT2D eigenvalue weighted by Gasteiger charge is 2.27. The molecule has 0 aliphatic heterocycles. The molecule has 0 atom stereocenters. The van der Waals surface area contributed by atoms with Crippen molar-refractivity contribution in [3.8, 4) is 0 Å². The molecule has 0 radical (unpaired) electrons. The normalized spacial score (nSPS) is 19.5. The predicted octanol–water partition coefficient (Wildman–Crippen LogP) is 4.40. The number of nitrogens with one attached hydrogen (secondary N) is 2. The van der Waals surface area contributed by atoms with Crippen molar-refractivity contribution < 1.29 is 0 Å². The fraction of sp³-hybridized carbons (Fsp3) is 0.333. The van der Waals surface area contributed by atoms with Crippen molar-refractivity contribution in [3.63, 3.8) is 0 Å². The molecule has 0 saturated heterocycles. The summed E-state index contributed by atoms with van der Waals surface area (Å²) in [5.41, 5.74) is 4.55. The fourth-order valence-corrected chi connectivity index (χ4v) is 4.49. The lowest BCUT2D eigenvalue weighted by Gasteiger charge is -2.29. The molecule has 0 spiro atoms. The summed E-state index contributed by atoms with van der Waals surface area (Å²) in [5, 5.41) is 0. The zero-order valence-electron chi connectivity index (χ0n) is 16.2. The highest BCUT2D eigenvalue weighted by atomic mass is 16.2. The third kappa shape index (κ3) is 3.86. The SMILES string of the molecule is Cc1ccccc1Cc1c(C2CCC(c3ccccc3)CC2)[nH]c(=O)[nH]c1=O. The Kier molecular flexibility index (Phi) is 5.29. The van der Waals surface area contributed by atoms with E-state index in [1.54, 1.807) is 0 Å². The molecule has 2 N–H and O–H groups in total. The summed E-state index contributed by atoms with van der Waals surface area (Å²) in [6, 6.07) is 18.7. The van der Waals surface area contributed by atoms with Crippen molar-refractivity contribution in [2.75, 3.05) is 0 Å². The maximum atomic E-state index is 12.6. The van der Waals surface area contributed by atoms with Gasteiger partial charge in [0.2, 0.25) is 0 Å². The first-order valence-electron chi connectivity index (χ1n) is 10.1. The fourth-order valence-electron chi connectivity index (χ4n) is 4.49. The molecule has 1 aliphatic rings. The van der Waals surface area contributed by atoms with Crippen LogP contribution in [0, 0.1) is 6.92 Å². The average Bonchev–Trinajstić information content (AvgIpc) is 2.72. The van der Waals surface area contributed by atoms with Crippen LogP contribution in [0.4, 0.5) is 0 Å². The molecule has 0 amide bonds. The third-order valence-corrected chi connectivity index (χ3v) is 6.11. The zero-order chi connectivity index (χ0) is 19.5. The molecule has 0 bridgehead atoms. The van der Waals surface area contributed by atoms with Crippen LogP contribution in [-0.4, -0.2) is 9.97 Å². The number of benzene rings is 2. The molecule has 3 aromatic rings. The monoisotopic (exact) mass is 374 g/mol. The summed E-state index contributed by atoms with van der Waals surface area (Å²) >= 11 is 0. The van der Waals surface area contributed by atoms with Crippen LogP contribution in [0.25, 0.3) is 0 Å². The van der Waals surface area contributed by atoms with Gasteiger partial charge in [-0.3, -0.25) is 9.78 Å². The van der Waals surface area contributed by atoms with E-state index in [-0.39, 0.29) is 11.5 Å². The van der Waals surface area contributed by atoms with E-state index < -0.39 is 5.69 Å². The Labute approximate surface area is 164 Å². The Balaban J connectivity index is 1.60. The Bertz CT molecular complexity index is 1060. The van der Waals surface area contributed by atoms with E-state index in [4.69, 9.17) is 0 Å². The minimum absolute atomic E-state index is 0.231. The molecule has 2 aromatic carbocycles. The van der Waals surface area contributed by atoms with Gasteiger partial charge in [0.25, 0.3) is 5.56 Å². The molecular formula is C24H26N2O2. The second-order valence-electron chi connectivity index (χ2n) is 7.86. The van der Waals surface area contributed by atoms with Crippen molar-refractivity contribution in [3.05, 3.63) is 103 Å². The van der Waals surface area contributed by atoms with E-state index in [9.17, 15) is 9.59 Å². The Morgan fingerprint density at radius 3 is 2.18 bits per heavy atom. The Morgan fingerprint density at radius 2 is 1.46 bits per heavy atom. The minimum atomic E-state index is -0.404. The second kappa shape index (κ2) is 8.01. The van der Waals surface area contributed by atoms with Crippen LogP contribution < -0.4 is 11.2 Å². The van der Waals surface area contributed by atoms with Crippen LogP contribution in [0.2, 0.25) is 0 Å². The van der Waals surface area contributed by atoms with Gasteiger partial charge in [-0.05, 0) is 61.1 Å². The van der Waals surface area contributed by atoms with Gasteiger partial charge in [-0.2, -0.15) is 0 Å². The van der Waals surface area contributed by atoms with E-state index in [1.165, 1.54) is 5.56 Å². The number of aryl methyl sites for hydroxylation is 1. The van der Waals surface area contributed by atoms with Gasteiger partial charge in [-0.25, -0.2) is 4.79 Å². The van der Waals surface area contributed by atoms with Gasteiger partial charge in [0.05, 0.1) is 0 Å². The number of hydrogen-bond acceptors (Lipinski definition) is 2. The number of rotatable bonds is 4. The van der Waals surface area contributed by atoms with Gasteiger partial charge in [0.15, 0.2) is 0 Å². The summed E-state index contributed by atoms with van der Waals surface area (Å²) in [6.45, 7) is 2.06. The molecular weight excluding hydrogens is 348 g/mol. The Hall–Kier alpha value is -2.88. The minimum Gasteiger partial charge on any atom is -0.311 e. The van der Waals surface area contributed by atoms with Gasteiger partial charge >= 0.3 is 5.69 Å². The van der Waals surface area contributed by atoms with Crippen LogP contribution in [0.3, 0.4) is 0 Å². The van der Waals surface area contributed by atoms with E-state index >= 15 is 0 Å². The van der Waals surface area contributed by atoms with Gasteiger partial charge in [0.1, 0.15) is 0 Å². The lowest BCUT2D eigenvalue weighted by atomic mass is 9.76. The molecule has 144 valence electrons. The molecule has 4 heteroatoms. The molecule has 1 heterocycles. The third-order valence-electron chi connectivity index (χ3n) is 6.11. The quantitative estimate of drug-likeness (QED) is 0.711. The first-order valence-corrected chi connectivity index (χ1v) is 10.1. The molecule has 1 aliphatic carbocycles. The van der Waals surface area contributed by atoms with E-state index in [0.29, 0.717) is 17.9 Å². The van der Waals surface area contributed by atoms with Crippen LogP contribution in [-0.2, 0) is 6.42 Å². The highest BCUT2D eigenvalue weighted by molar-refractivity contribution is 5.34. The summed E-state index contributed by atoms with van der Waals surface area (Å²) in [6.07, 6.45) is 4.67. The van der Waals surface area contributed by atoms with Crippen molar-refractivity contribution in [1.82, 2.24) is 9.97 Å². The van der Waals surface area contributed by atoms with Crippen LogP contribution in [0.1, 0.15) is 65.5 Å². The molecule has 0 unspecified atom stereocenters. The summed E-state index contributed by atoms with van der Waals surface area (Å²) in [4.78, 5) is 30.0. The Morgan fingerprint density at radius 1 is 0.821 bits per heavy atom. The summed E-state index contributed by atoms with van der Waals surface area (Å²) in [7, 11) is 0. The number of aromatic amines is 2. The van der Waals surface area contributed by atoms with Crippen LogP contribution in [0.15, 0.2) is 64.2 Å². The van der Waals surface area contributed by atoms with Crippen molar-refractivity contribution >= 4 is 0 Å². The first kappa shape index (κ1) is 18.5. The molecule has 1 aromatic heterocycles. The smallest absolute Gasteiger partial charge is 0.311 e. The van der Waals surface area contributed by atoms with E-state index in [2.05, 4.69) is 53.3 Å². The van der Waals surface area contributed by atoms with Crippen molar-refractivity contribution in [2.45, 2.75) is 50.9 Å². The van der Waals surface area contributed by atoms with Gasteiger partial charge in [0, 0.05) is 17.7 Å². The highest BCUT2D eigenvalue weighted by Crippen LogP contribution is 2.40. The number of hydrogen-bond donors (Lipinski definition) is 2. The standard InChI is InChI=1S/C24H26N2O2/c1-16-7-5-6-10-20(16)15-21-22(25-24(28)26-23(21)27)19-13-11-18(12-14-19)17-8-3-2-4-9-17/h2-10,18-19H,11-15H2,1H3,(H2,25,26,27,28). The van der Waals surface area contributed by atoms with Crippen molar-refractivity contribution in [1.29, 1.82) is 0 Å². The largest absolute Gasteiger partial charge is 0.325 e. The lowest BCUT2D eigenvalue weighted by Crippen LogP contribution is -2.30.